The van der Waals surface area contributed by atoms with Crippen molar-refractivity contribution in [3.05, 3.63) is 0 Å². The maximum atomic E-state index is 6.56. The quantitative estimate of drug-likeness (QED) is 0.177. The minimum absolute atomic E-state index is 0.653. The summed E-state index contributed by atoms with van der Waals surface area (Å²) in [5.74, 6) is 0. The first-order valence-corrected chi connectivity index (χ1v) is 13.2. The summed E-state index contributed by atoms with van der Waals surface area (Å²) in [6.45, 7) is 1.16. The third kappa shape index (κ3) is 11.4. The smallest absolute Gasteiger partial charge is 0.0413 e. The van der Waals surface area contributed by atoms with Gasteiger partial charge in [0.25, 0.3) is 0 Å². The van der Waals surface area contributed by atoms with Crippen LogP contribution < -0.4 is 0 Å². The molecule has 0 aliphatic carbocycles. The monoisotopic (exact) mass is 444 g/mol. The second kappa shape index (κ2) is 19.9. The molecule has 0 unspecified atom stereocenters. The van der Waals surface area contributed by atoms with Gasteiger partial charge < -0.3 is 0 Å². The van der Waals surface area contributed by atoms with Gasteiger partial charge >= 0.3 is 0 Å². The van der Waals surface area contributed by atoms with Crippen molar-refractivity contribution in [3.8, 4) is 0 Å². The Hall–Kier alpha value is 2.53. The van der Waals surface area contributed by atoms with E-state index in [0.29, 0.717) is 0 Å². The fraction of sp³-hybridized carbons (Fsp3) is 1.00. The average Bonchev–Trinajstić information content (AvgIpc) is 2.80. The van der Waals surface area contributed by atoms with Gasteiger partial charge in [-0.25, -0.2) is 0 Å². The van der Waals surface area contributed by atoms with Gasteiger partial charge in [-0.3, -0.25) is 0 Å². The highest BCUT2D eigenvalue weighted by molar-refractivity contribution is 8.27. The maximum Gasteiger partial charge on any atom is 0.0413 e. The van der Waals surface area contributed by atoms with E-state index in [1.54, 1.807) is 0 Å². The van der Waals surface area contributed by atoms with E-state index in [4.69, 9.17) is 147 Å². The molecule has 0 bridgehead atoms. The maximum absolute atomic E-state index is 6.56. The lowest BCUT2D eigenvalue weighted by Crippen LogP contribution is -2.89. The van der Waals surface area contributed by atoms with E-state index in [9.17, 15) is 0 Å². The zero-order valence-electron chi connectivity index (χ0n) is 23.5. The van der Waals surface area contributed by atoms with Gasteiger partial charge in [-0.15, -0.1) is 6.82 Å². The molecule has 0 aromatic rings. The van der Waals surface area contributed by atoms with Gasteiger partial charge in [0.2, 0.25) is 0 Å². The predicted octanol–water partition coefficient (Wildman–Crippen LogP) is -14.3. The van der Waals surface area contributed by atoms with Crippen molar-refractivity contribution in [2.24, 2.45) is 0 Å². The van der Waals surface area contributed by atoms with Crippen LogP contribution in [0.4, 0.5) is 0 Å². The van der Waals surface area contributed by atoms with Crippen LogP contribution in [0.15, 0.2) is 0 Å². The molecule has 0 atom stereocenters. The molecule has 40 heavy (non-hydrogen) atoms. The molecule has 0 amide bonds. The first kappa shape index (κ1) is 42.5. The van der Waals surface area contributed by atoms with Gasteiger partial charge in [0, 0.05) is 276 Å². The Morgan fingerprint density at radius 3 is 0.825 bits per heavy atom. The SMILES string of the molecule is [B][B]B([B])B(B(B([B])[B])B([B])[B])B(B(C)B(B(B([B])[B])B([B])[B])B(B([B])[B])B([B][B])B([B])[B])B(B([B])[B])B([B])[B]. The summed E-state index contributed by atoms with van der Waals surface area (Å²) in [4.78, 5) is 0. The minimum atomic E-state index is -1.08. The van der Waals surface area contributed by atoms with E-state index in [-0.39, 0.29) is 0 Å². The van der Waals surface area contributed by atoms with E-state index < -0.39 is 115 Å². The summed E-state index contributed by atoms with van der Waals surface area (Å²) in [6, 6.07) is 0. The van der Waals surface area contributed by atoms with Crippen LogP contribution in [-0.2, 0) is 0 Å². The van der Waals surface area contributed by atoms with Gasteiger partial charge in [-0.1, -0.05) is 0 Å². The third-order valence-electron chi connectivity index (χ3n) is 8.33. The van der Waals surface area contributed by atoms with Crippen LogP contribution in [0, 0.1) is 0 Å². The van der Waals surface area contributed by atoms with Crippen molar-refractivity contribution in [2.75, 3.05) is 0 Å². The lowest BCUT2D eigenvalue weighted by molar-refractivity contribution is 2.32. The summed E-state index contributed by atoms with van der Waals surface area (Å²) in [5, 5.41) is 0. The zero-order chi connectivity index (χ0) is 31.8. The molecule has 0 spiro atoms. The summed E-state index contributed by atoms with van der Waals surface area (Å²) in [6.07, 6.45) is -15.9. The highest BCUT2D eigenvalue weighted by Crippen LogP contribution is 2.17. The molecule has 0 saturated heterocycles. The molecule has 0 fully saturated rings. The summed E-state index contributed by atoms with van der Waals surface area (Å²) in [5.41, 5.74) is 0. The van der Waals surface area contributed by atoms with Crippen LogP contribution >= 0.6 is 0 Å². The van der Waals surface area contributed by atoms with E-state index >= 15 is 0 Å². The molecule has 39 heteroatoms. The molecule has 124 valence electrons. The fourth-order valence-electron chi connectivity index (χ4n) is 6.66. The second-order valence-corrected chi connectivity index (χ2v) is 11.1. The predicted molar refractivity (Wildman–Crippen MR) is 230 cm³/mol. The molecule has 0 aliphatic rings. The van der Waals surface area contributed by atoms with Gasteiger partial charge in [-0.2, -0.15) is 0 Å². The summed E-state index contributed by atoms with van der Waals surface area (Å²) < 4.78 is 0. The first-order valence-electron chi connectivity index (χ1n) is 13.2. The molecule has 40 radical (unpaired) electrons. The minimum Gasteiger partial charge on any atom is -0.101 e. The Balaban J connectivity index is 7.84. The molecule has 0 rings (SSSR count). The van der Waals surface area contributed by atoms with E-state index in [0.717, 1.165) is 0 Å². The molecule has 0 saturated carbocycles. The lowest BCUT2D eigenvalue weighted by atomic mass is 8.31. The van der Waals surface area contributed by atoms with Crippen molar-refractivity contribution in [1.29, 1.82) is 0 Å². The molecule has 0 aliphatic heterocycles. The normalized spacial score (nSPS) is 9.53. The van der Waals surface area contributed by atoms with Crippen LogP contribution in [0.25, 0.3) is 0 Å². The van der Waals surface area contributed by atoms with Gasteiger partial charge in [-0.05, 0) is 0 Å². The third-order valence-corrected chi connectivity index (χ3v) is 8.33. The van der Waals surface area contributed by atoms with Gasteiger partial charge in [0.1, 0.15) is 0 Å². The zero-order valence-corrected chi connectivity index (χ0v) is 23.5. The molecule has 0 nitrogen and oxygen atoms in total. The van der Waals surface area contributed by atoms with Crippen molar-refractivity contribution in [1.82, 2.24) is 0 Å². The Morgan fingerprint density at radius 1 is 0.325 bits per heavy atom. The highest BCUT2D eigenvalue weighted by atomic mass is 13.4. The molecule has 0 heterocycles. The van der Waals surface area contributed by atoms with Gasteiger partial charge in [0.05, 0.1) is 0 Å². The van der Waals surface area contributed by atoms with Crippen molar-refractivity contribution in [3.63, 3.8) is 0 Å². The van der Waals surface area contributed by atoms with Crippen LogP contribution in [0.1, 0.15) is 0 Å². The molecule has 0 aromatic carbocycles. The summed E-state index contributed by atoms with van der Waals surface area (Å²) >= 11 is 0. The molecule has 0 aromatic heterocycles. The lowest BCUT2D eigenvalue weighted by Gasteiger charge is -2.51. The van der Waals surface area contributed by atoms with Crippen LogP contribution in [0.2, 0.25) is 6.82 Å². The Kier molecular flexibility index (Phi) is 21.2. The number of rotatable bonds is 19. The van der Waals surface area contributed by atoms with Crippen molar-refractivity contribution >= 4 is 276 Å². The second-order valence-electron chi connectivity index (χ2n) is 11.1. The van der Waals surface area contributed by atoms with E-state index in [1.165, 1.54) is 14.1 Å². The van der Waals surface area contributed by atoms with Crippen LogP contribution in [0.3, 0.4) is 0 Å². The van der Waals surface area contributed by atoms with E-state index in [1.807, 2.05) is 6.82 Å². The van der Waals surface area contributed by atoms with Crippen molar-refractivity contribution < 1.29 is 0 Å². The Bertz CT molecular complexity index is 617. The molecular formula is CH3B39. The molecular weight excluding hydrogens is 434 g/mol. The highest BCUT2D eigenvalue weighted by Gasteiger charge is 2.54. The first-order chi connectivity index (χ1) is 18.3. The Labute approximate surface area is 281 Å². The van der Waals surface area contributed by atoms with E-state index in [2.05, 4.69) is 0 Å². The average molecular weight is 437 g/mol. The standard InChI is InChI=1S/CH3B39/c1-23(34(36(25(6)7)26(8)9)39(31(18)19)33(22-3)24(4)5)35(37(27(10)11)28(12)13)40(32(20)21-2)38(29(14)15)30(16)17/h1H3. The topological polar surface area (TPSA) is 0 Å². The largest absolute Gasteiger partial charge is 0.101 e. The fourth-order valence-corrected chi connectivity index (χ4v) is 6.66. The molecule has 0 N–H and O–H groups in total. The number of hydrogen-bond acceptors (Lipinski definition) is 0. The van der Waals surface area contributed by atoms with Gasteiger partial charge in [0.15, 0.2) is 0 Å². The number of hydrogen-bond donors (Lipinski definition) is 0. The van der Waals surface area contributed by atoms with Crippen molar-refractivity contribution in [2.45, 2.75) is 6.82 Å². The van der Waals surface area contributed by atoms with Crippen LogP contribution in [0.5, 0.6) is 0 Å². The Morgan fingerprint density at radius 2 is 0.600 bits per heavy atom. The van der Waals surface area contributed by atoms with Crippen LogP contribution in [-0.4, -0.2) is 276 Å². The summed E-state index contributed by atoms with van der Waals surface area (Å²) in [7, 11) is 121.